The van der Waals surface area contributed by atoms with E-state index in [0.717, 1.165) is 18.2 Å². The van der Waals surface area contributed by atoms with Crippen molar-refractivity contribution < 1.29 is 22.0 Å². The Balaban J connectivity index is 2.69. The van der Waals surface area contributed by atoms with Crippen molar-refractivity contribution in [2.45, 2.75) is 13.1 Å². The molecule has 2 N–H and O–H groups in total. The highest BCUT2D eigenvalue weighted by atomic mass is 19.4. The van der Waals surface area contributed by atoms with Crippen molar-refractivity contribution in [3.05, 3.63) is 53.1 Å². The van der Waals surface area contributed by atoms with Gasteiger partial charge < -0.3 is 5.73 Å². The van der Waals surface area contributed by atoms with Crippen LogP contribution in [-0.2, 0) is 6.18 Å². The minimum atomic E-state index is -4.79. The molecular weight excluding hydrogens is 277 g/mol. The van der Waals surface area contributed by atoms with Gasteiger partial charge in [-0.1, -0.05) is 12.1 Å². The fourth-order valence-electron chi connectivity index (χ4n) is 1.94. The van der Waals surface area contributed by atoms with Gasteiger partial charge in [0.2, 0.25) is 0 Å². The van der Waals surface area contributed by atoms with Crippen LogP contribution in [0.5, 0.6) is 0 Å². The van der Waals surface area contributed by atoms with Gasteiger partial charge in [0.05, 0.1) is 11.3 Å². The SMILES string of the molecule is Cc1cc(F)c(N)cc1-c1cccc(C(F)(F)F)c1F. The fourth-order valence-corrected chi connectivity index (χ4v) is 1.94. The van der Waals surface area contributed by atoms with Crippen LogP contribution in [-0.4, -0.2) is 0 Å². The van der Waals surface area contributed by atoms with E-state index in [0.29, 0.717) is 11.6 Å². The molecule has 0 saturated heterocycles. The molecule has 0 aromatic heterocycles. The molecule has 0 unspecified atom stereocenters. The normalized spacial score (nSPS) is 11.7. The van der Waals surface area contributed by atoms with Gasteiger partial charge in [-0.2, -0.15) is 13.2 Å². The smallest absolute Gasteiger partial charge is 0.396 e. The second-order valence-corrected chi connectivity index (χ2v) is 4.35. The van der Waals surface area contributed by atoms with E-state index < -0.39 is 23.4 Å². The highest BCUT2D eigenvalue weighted by molar-refractivity contribution is 5.72. The Morgan fingerprint density at radius 2 is 1.65 bits per heavy atom. The van der Waals surface area contributed by atoms with Crippen LogP contribution >= 0.6 is 0 Å². The molecule has 0 atom stereocenters. The minimum Gasteiger partial charge on any atom is -0.396 e. The first-order valence-corrected chi connectivity index (χ1v) is 5.63. The maximum absolute atomic E-state index is 14.0. The second-order valence-electron chi connectivity index (χ2n) is 4.35. The van der Waals surface area contributed by atoms with Crippen LogP contribution < -0.4 is 5.73 Å². The van der Waals surface area contributed by atoms with Crippen molar-refractivity contribution in [3.8, 4) is 11.1 Å². The third kappa shape index (κ3) is 2.45. The fraction of sp³-hybridized carbons (Fsp3) is 0.143. The standard InChI is InChI=1S/C14H10F5N/c1-7-5-11(15)12(20)6-9(7)8-3-2-4-10(13(8)16)14(17,18)19/h2-6H,20H2,1H3. The Morgan fingerprint density at radius 3 is 2.25 bits per heavy atom. The molecule has 0 heterocycles. The molecule has 0 amide bonds. The molecule has 106 valence electrons. The summed E-state index contributed by atoms with van der Waals surface area (Å²) in [6, 6.07) is 5.14. The van der Waals surface area contributed by atoms with Crippen LogP contribution in [0.15, 0.2) is 30.3 Å². The molecule has 0 radical (unpaired) electrons. The predicted octanol–water partition coefficient (Wildman–Crippen LogP) is 4.54. The molecule has 6 heteroatoms. The molecule has 2 rings (SSSR count). The number of anilines is 1. The van der Waals surface area contributed by atoms with Crippen LogP contribution in [0, 0.1) is 18.6 Å². The van der Waals surface area contributed by atoms with E-state index in [-0.39, 0.29) is 16.8 Å². The number of rotatable bonds is 1. The van der Waals surface area contributed by atoms with Crippen molar-refractivity contribution in [1.29, 1.82) is 0 Å². The zero-order valence-electron chi connectivity index (χ0n) is 10.4. The lowest BCUT2D eigenvalue weighted by atomic mass is 9.97. The van der Waals surface area contributed by atoms with Crippen LogP contribution in [0.4, 0.5) is 27.6 Å². The summed E-state index contributed by atoms with van der Waals surface area (Å²) in [5.74, 6) is -2.09. The number of nitrogen functional groups attached to an aromatic ring is 1. The van der Waals surface area contributed by atoms with Crippen molar-refractivity contribution in [3.63, 3.8) is 0 Å². The van der Waals surface area contributed by atoms with Gasteiger partial charge in [0, 0.05) is 5.56 Å². The Labute approximate surface area is 111 Å². The average molecular weight is 287 g/mol. The summed E-state index contributed by atoms with van der Waals surface area (Å²) in [6.45, 7) is 1.47. The lowest BCUT2D eigenvalue weighted by Gasteiger charge is -2.13. The minimum absolute atomic E-state index is 0.132. The summed E-state index contributed by atoms with van der Waals surface area (Å²) in [7, 11) is 0. The lowest BCUT2D eigenvalue weighted by Crippen LogP contribution is -2.09. The number of hydrogen-bond acceptors (Lipinski definition) is 1. The van der Waals surface area contributed by atoms with Crippen molar-refractivity contribution in [1.82, 2.24) is 0 Å². The summed E-state index contributed by atoms with van der Waals surface area (Å²) in [5, 5.41) is 0. The Bertz CT molecular complexity index is 661. The van der Waals surface area contributed by atoms with E-state index in [2.05, 4.69) is 0 Å². The van der Waals surface area contributed by atoms with Crippen LogP contribution in [0.3, 0.4) is 0 Å². The Morgan fingerprint density at radius 1 is 1.00 bits per heavy atom. The zero-order valence-corrected chi connectivity index (χ0v) is 10.4. The Hall–Kier alpha value is -2.11. The number of aryl methyl sites for hydroxylation is 1. The first kappa shape index (κ1) is 14.3. The van der Waals surface area contributed by atoms with Gasteiger partial charge in [0.25, 0.3) is 0 Å². The largest absolute Gasteiger partial charge is 0.419 e. The first-order chi connectivity index (χ1) is 9.21. The summed E-state index contributed by atoms with van der Waals surface area (Å²) in [6.07, 6.45) is -4.79. The quantitative estimate of drug-likeness (QED) is 0.604. The van der Waals surface area contributed by atoms with Crippen LogP contribution in [0.1, 0.15) is 11.1 Å². The van der Waals surface area contributed by atoms with Gasteiger partial charge in [-0.05, 0) is 36.2 Å². The first-order valence-electron chi connectivity index (χ1n) is 5.63. The van der Waals surface area contributed by atoms with E-state index in [1.54, 1.807) is 0 Å². The highest BCUT2D eigenvalue weighted by Crippen LogP contribution is 2.37. The molecule has 2 aromatic rings. The zero-order chi connectivity index (χ0) is 15.1. The van der Waals surface area contributed by atoms with Crippen molar-refractivity contribution in [2.75, 3.05) is 5.73 Å². The van der Waals surface area contributed by atoms with Gasteiger partial charge in [0.15, 0.2) is 0 Å². The summed E-state index contributed by atoms with van der Waals surface area (Å²) < 4.78 is 65.2. The number of alkyl halides is 3. The summed E-state index contributed by atoms with van der Waals surface area (Å²) >= 11 is 0. The monoisotopic (exact) mass is 287 g/mol. The van der Waals surface area contributed by atoms with E-state index in [4.69, 9.17) is 5.73 Å². The van der Waals surface area contributed by atoms with Crippen LogP contribution in [0.25, 0.3) is 11.1 Å². The van der Waals surface area contributed by atoms with Crippen LogP contribution in [0.2, 0.25) is 0 Å². The van der Waals surface area contributed by atoms with Gasteiger partial charge in [0.1, 0.15) is 11.6 Å². The van der Waals surface area contributed by atoms with Crippen molar-refractivity contribution in [2.24, 2.45) is 0 Å². The molecule has 0 aliphatic heterocycles. The molecule has 2 aromatic carbocycles. The average Bonchev–Trinajstić information content (AvgIpc) is 2.33. The van der Waals surface area contributed by atoms with Gasteiger partial charge in [-0.15, -0.1) is 0 Å². The predicted molar refractivity (Wildman–Crippen MR) is 65.9 cm³/mol. The molecule has 0 aliphatic rings. The van der Waals surface area contributed by atoms with E-state index >= 15 is 0 Å². The number of nitrogens with two attached hydrogens (primary N) is 1. The molecule has 0 bridgehead atoms. The van der Waals surface area contributed by atoms with E-state index in [9.17, 15) is 22.0 Å². The van der Waals surface area contributed by atoms with Gasteiger partial charge >= 0.3 is 6.18 Å². The third-order valence-electron chi connectivity index (χ3n) is 2.94. The maximum atomic E-state index is 14.0. The molecular formula is C14H10F5N. The van der Waals surface area contributed by atoms with E-state index in [1.165, 1.54) is 13.0 Å². The molecule has 1 nitrogen and oxygen atoms in total. The van der Waals surface area contributed by atoms with Gasteiger partial charge in [-0.3, -0.25) is 0 Å². The number of hydrogen-bond donors (Lipinski definition) is 1. The summed E-state index contributed by atoms with van der Waals surface area (Å²) in [5.41, 5.74) is 3.94. The van der Waals surface area contributed by atoms with E-state index in [1.807, 2.05) is 0 Å². The molecule has 0 spiro atoms. The van der Waals surface area contributed by atoms with Gasteiger partial charge in [-0.25, -0.2) is 8.78 Å². The highest BCUT2D eigenvalue weighted by Gasteiger charge is 2.35. The number of halogens is 5. The van der Waals surface area contributed by atoms with Crippen molar-refractivity contribution >= 4 is 5.69 Å². The number of benzene rings is 2. The Kier molecular flexibility index (Phi) is 3.41. The molecule has 0 saturated carbocycles. The lowest BCUT2D eigenvalue weighted by molar-refractivity contribution is -0.139. The topological polar surface area (TPSA) is 26.0 Å². The summed E-state index contributed by atoms with van der Waals surface area (Å²) in [4.78, 5) is 0. The molecule has 0 fully saturated rings. The maximum Gasteiger partial charge on any atom is 0.419 e. The molecule has 0 aliphatic carbocycles. The second kappa shape index (κ2) is 4.77. The molecule has 20 heavy (non-hydrogen) atoms. The third-order valence-corrected chi connectivity index (χ3v) is 2.94.